The van der Waals surface area contributed by atoms with Crippen molar-refractivity contribution in [3.63, 3.8) is 0 Å². The van der Waals surface area contributed by atoms with Gasteiger partial charge in [-0.25, -0.2) is 8.42 Å². The van der Waals surface area contributed by atoms with Gasteiger partial charge in [0, 0.05) is 12.3 Å². The molecule has 1 aromatic carbocycles. The van der Waals surface area contributed by atoms with E-state index in [1.165, 1.54) is 6.26 Å². The molecule has 1 rings (SSSR count). The summed E-state index contributed by atoms with van der Waals surface area (Å²) < 4.78 is 35.3. The lowest BCUT2D eigenvalue weighted by molar-refractivity contribution is 0.310. The fourth-order valence-corrected chi connectivity index (χ4v) is 9.89. The minimum Gasteiger partial charge on any atom is -0.493 e. The van der Waals surface area contributed by atoms with Crippen molar-refractivity contribution in [2.45, 2.75) is 37.5 Å². The molecule has 0 radical (unpaired) electrons. The predicted octanol–water partition coefficient (Wildman–Crippen LogP) is 2.38. The molecule has 5 nitrogen and oxygen atoms in total. The van der Waals surface area contributed by atoms with E-state index in [1.54, 1.807) is 19.2 Å². The summed E-state index contributed by atoms with van der Waals surface area (Å²) in [5, 5.41) is 0. The molecule has 0 heterocycles. The standard InChI is InChI=1S/C15H27NO4SSi/c1-7-20-13-10-11(8-9-12(13)19-2)14(16)15(21(3,17)18)22(4,5)6/h8-10,14-15H,7,16H2,1-6H3/t14-,15+/m1/s1. The number of nitrogens with two attached hydrogens (primary N) is 1. The molecule has 0 aromatic heterocycles. The highest BCUT2D eigenvalue weighted by atomic mass is 32.2. The van der Waals surface area contributed by atoms with Crippen LogP contribution in [-0.4, -0.2) is 41.3 Å². The van der Waals surface area contributed by atoms with E-state index < -0.39 is 28.8 Å². The van der Waals surface area contributed by atoms with Crippen molar-refractivity contribution in [2.24, 2.45) is 5.73 Å². The van der Waals surface area contributed by atoms with Crippen LogP contribution < -0.4 is 15.2 Å². The zero-order valence-corrected chi connectivity index (χ0v) is 16.0. The minimum absolute atomic E-state index is 0.499. The molecule has 2 atom stereocenters. The van der Waals surface area contributed by atoms with Gasteiger partial charge in [0.05, 0.1) is 26.7 Å². The molecule has 1 aromatic rings. The Bertz CT molecular complexity index is 610. The summed E-state index contributed by atoms with van der Waals surface area (Å²) in [5.74, 6) is 1.20. The van der Waals surface area contributed by atoms with Gasteiger partial charge in [-0.3, -0.25) is 0 Å². The van der Waals surface area contributed by atoms with Crippen LogP contribution in [0.2, 0.25) is 19.6 Å². The van der Waals surface area contributed by atoms with Crippen molar-refractivity contribution < 1.29 is 17.9 Å². The van der Waals surface area contributed by atoms with Gasteiger partial charge in [0.1, 0.15) is 9.84 Å². The van der Waals surface area contributed by atoms with Gasteiger partial charge >= 0.3 is 0 Å². The Morgan fingerprint density at radius 1 is 1.23 bits per heavy atom. The number of hydrogen-bond acceptors (Lipinski definition) is 5. The first-order chi connectivity index (χ1) is 10.0. The fraction of sp³-hybridized carbons (Fsp3) is 0.600. The molecule has 7 heteroatoms. The second-order valence-electron chi connectivity index (χ2n) is 6.49. The molecule has 0 spiro atoms. The highest BCUT2D eigenvalue weighted by molar-refractivity contribution is 7.93. The summed E-state index contributed by atoms with van der Waals surface area (Å²) in [6.45, 7) is 8.44. The first kappa shape index (κ1) is 19.0. The first-order valence-corrected chi connectivity index (χ1v) is 12.8. The third-order valence-corrected chi connectivity index (χ3v) is 10.2. The van der Waals surface area contributed by atoms with E-state index in [2.05, 4.69) is 0 Å². The summed E-state index contributed by atoms with van der Waals surface area (Å²) in [6, 6.07) is 4.78. The number of methoxy groups -OCH3 is 1. The molecule has 0 amide bonds. The SMILES string of the molecule is CCOc1cc([C@@H](N)[C@H]([Si](C)(C)C)S(C)(=O)=O)ccc1OC. The Morgan fingerprint density at radius 3 is 2.23 bits per heavy atom. The maximum absolute atomic E-state index is 12.2. The topological polar surface area (TPSA) is 78.6 Å². The summed E-state index contributed by atoms with van der Waals surface area (Å²) in [4.78, 5) is -0.553. The molecule has 0 bridgehead atoms. The van der Waals surface area contributed by atoms with E-state index in [-0.39, 0.29) is 0 Å². The van der Waals surface area contributed by atoms with E-state index in [0.717, 1.165) is 5.56 Å². The molecule has 0 aliphatic carbocycles. The molecule has 0 saturated heterocycles. The molecule has 126 valence electrons. The van der Waals surface area contributed by atoms with Crippen LogP contribution >= 0.6 is 0 Å². The number of benzene rings is 1. The van der Waals surface area contributed by atoms with Crippen molar-refractivity contribution in [1.82, 2.24) is 0 Å². The fourth-order valence-electron chi connectivity index (χ4n) is 2.79. The summed E-state index contributed by atoms with van der Waals surface area (Å²) in [5.41, 5.74) is 7.08. The van der Waals surface area contributed by atoms with Gasteiger partial charge in [0.25, 0.3) is 0 Å². The van der Waals surface area contributed by atoms with Crippen molar-refractivity contribution in [2.75, 3.05) is 20.0 Å². The zero-order chi connectivity index (χ0) is 17.1. The molecule has 2 N–H and O–H groups in total. The molecule has 0 fully saturated rings. The summed E-state index contributed by atoms with van der Waals surface area (Å²) in [7, 11) is -3.69. The third kappa shape index (κ3) is 4.47. The molecular formula is C15H27NO4SSi. The van der Waals surface area contributed by atoms with Crippen LogP contribution in [0.4, 0.5) is 0 Å². The van der Waals surface area contributed by atoms with Crippen LogP contribution in [-0.2, 0) is 9.84 Å². The molecule has 0 aliphatic rings. The van der Waals surface area contributed by atoms with Gasteiger partial charge in [-0.15, -0.1) is 0 Å². The van der Waals surface area contributed by atoms with E-state index in [1.807, 2.05) is 32.6 Å². The quantitative estimate of drug-likeness (QED) is 0.768. The van der Waals surface area contributed by atoms with Gasteiger partial charge in [-0.2, -0.15) is 0 Å². The number of rotatable bonds is 7. The third-order valence-electron chi connectivity index (χ3n) is 3.51. The number of sulfone groups is 1. The number of ether oxygens (including phenoxy) is 2. The first-order valence-electron chi connectivity index (χ1n) is 7.27. The average Bonchev–Trinajstić information content (AvgIpc) is 2.35. The maximum Gasteiger partial charge on any atom is 0.161 e. The van der Waals surface area contributed by atoms with E-state index >= 15 is 0 Å². The average molecular weight is 346 g/mol. The Labute approximate surface area is 134 Å². The Hall–Kier alpha value is -1.05. The van der Waals surface area contributed by atoms with Crippen molar-refractivity contribution in [3.8, 4) is 11.5 Å². The monoisotopic (exact) mass is 345 g/mol. The predicted molar refractivity (Wildman–Crippen MR) is 93.1 cm³/mol. The van der Waals surface area contributed by atoms with Gasteiger partial charge in [-0.05, 0) is 24.6 Å². The normalized spacial score (nSPS) is 15.2. The van der Waals surface area contributed by atoms with Crippen LogP contribution in [0, 0.1) is 0 Å². The molecule has 0 aliphatic heterocycles. The number of hydrogen-bond donors (Lipinski definition) is 1. The smallest absolute Gasteiger partial charge is 0.161 e. The van der Waals surface area contributed by atoms with Crippen LogP contribution in [0.25, 0.3) is 0 Å². The van der Waals surface area contributed by atoms with Crippen LogP contribution in [0.1, 0.15) is 18.5 Å². The van der Waals surface area contributed by atoms with Crippen LogP contribution in [0.3, 0.4) is 0 Å². The molecule has 0 unspecified atom stereocenters. The lowest BCUT2D eigenvalue weighted by Crippen LogP contribution is -2.50. The molecule has 22 heavy (non-hydrogen) atoms. The van der Waals surface area contributed by atoms with Crippen LogP contribution in [0.15, 0.2) is 18.2 Å². The van der Waals surface area contributed by atoms with Crippen molar-refractivity contribution in [3.05, 3.63) is 23.8 Å². The minimum atomic E-state index is -3.25. The zero-order valence-electron chi connectivity index (χ0n) is 14.2. The summed E-state index contributed by atoms with van der Waals surface area (Å²) in [6.07, 6.45) is 1.27. The second-order valence-corrected chi connectivity index (χ2v) is 14.4. The van der Waals surface area contributed by atoms with Gasteiger partial charge in [0.2, 0.25) is 0 Å². The van der Waals surface area contributed by atoms with Crippen LogP contribution in [0.5, 0.6) is 11.5 Å². The highest BCUT2D eigenvalue weighted by Crippen LogP contribution is 2.33. The van der Waals surface area contributed by atoms with Gasteiger partial charge in [-0.1, -0.05) is 25.7 Å². The maximum atomic E-state index is 12.2. The van der Waals surface area contributed by atoms with Crippen molar-refractivity contribution >= 4 is 17.9 Å². The lowest BCUT2D eigenvalue weighted by Gasteiger charge is -2.32. The Morgan fingerprint density at radius 2 is 1.82 bits per heavy atom. The van der Waals surface area contributed by atoms with E-state index in [0.29, 0.717) is 18.1 Å². The second kappa shape index (κ2) is 7.02. The Kier molecular flexibility index (Phi) is 6.06. The Balaban J connectivity index is 3.31. The van der Waals surface area contributed by atoms with Gasteiger partial charge in [0.15, 0.2) is 11.5 Å². The molecule has 0 saturated carbocycles. The van der Waals surface area contributed by atoms with Crippen molar-refractivity contribution in [1.29, 1.82) is 0 Å². The van der Waals surface area contributed by atoms with Gasteiger partial charge < -0.3 is 15.2 Å². The van der Waals surface area contributed by atoms with E-state index in [4.69, 9.17) is 15.2 Å². The van der Waals surface area contributed by atoms with E-state index in [9.17, 15) is 8.42 Å². The lowest BCUT2D eigenvalue weighted by atomic mass is 10.1. The summed E-state index contributed by atoms with van der Waals surface area (Å²) >= 11 is 0. The largest absolute Gasteiger partial charge is 0.493 e. The highest BCUT2D eigenvalue weighted by Gasteiger charge is 2.40. The molecular weight excluding hydrogens is 318 g/mol.